The highest BCUT2D eigenvalue weighted by atomic mass is 16.3. The third kappa shape index (κ3) is 3.01. The zero-order chi connectivity index (χ0) is 25.3. The van der Waals surface area contributed by atoms with Gasteiger partial charge in [0.25, 0.3) is 0 Å². The molecule has 0 saturated carbocycles. The van der Waals surface area contributed by atoms with Gasteiger partial charge in [-0.2, -0.15) is 0 Å². The van der Waals surface area contributed by atoms with Crippen molar-refractivity contribution in [3.63, 3.8) is 0 Å². The largest absolute Gasteiger partial charge is 0.456 e. The van der Waals surface area contributed by atoms with Crippen LogP contribution in [0.25, 0.3) is 43.9 Å². The molecule has 180 valence electrons. The molecule has 2 aromatic heterocycles. The number of nitrogens with zero attached hydrogens (tertiary/aromatic N) is 1. The Morgan fingerprint density at radius 2 is 1.41 bits per heavy atom. The molecule has 0 aliphatic carbocycles. The lowest BCUT2D eigenvalue weighted by Crippen LogP contribution is -2.33. The molecule has 4 aromatic carbocycles. The third-order valence-corrected chi connectivity index (χ3v) is 7.75. The summed E-state index contributed by atoms with van der Waals surface area (Å²) in [6, 6.07) is 27.5. The SMILES string of the molecule is C=CC1=C(/C=C\C)N(c2ccc3oc4cc5oc6ccccc6c5cc4c3c2)c2ccccc2C1(C)C. The summed E-state index contributed by atoms with van der Waals surface area (Å²) in [7, 11) is 0. The van der Waals surface area contributed by atoms with Crippen LogP contribution in [0.1, 0.15) is 26.3 Å². The summed E-state index contributed by atoms with van der Waals surface area (Å²) < 4.78 is 12.4. The lowest BCUT2D eigenvalue weighted by molar-refractivity contribution is 0.621. The number of hydrogen-bond acceptors (Lipinski definition) is 3. The molecule has 0 unspecified atom stereocenters. The van der Waals surface area contributed by atoms with Gasteiger partial charge in [-0.15, -0.1) is 0 Å². The first kappa shape index (κ1) is 21.8. The number of para-hydroxylation sites is 2. The molecule has 37 heavy (non-hydrogen) atoms. The van der Waals surface area contributed by atoms with Crippen LogP contribution in [-0.4, -0.2) is 0 Å². The molecule has 0 fully saturated rings. The zero-order valence-corrected chi connectivity index (χ0v) is 21.2. The Morgan fingerprint density at radius 1 is 0.730 bits per heavy atom. The minimum Gasteiger partial charge on any atom is -0.456 e. The summed E-state index contributed by atoms with van der Waals surface area (Å²) in [5.41, 5.74) is 9.15. The molecular formula is C34H27NO2. The second-order valence-corrected chi connectivity index (χ2v) is 10.2. The second kappa shape index (κ2) is 7.75. The summed E-state index contributed by atoms with van der Waals surface area (Å²) in [6.07, 6.45) is 6.29. The fourth-order valence-electron chi connectivity index (χ4n) is 6.00. The van der Waals surface area contributed by atoms with E-state index in [1.54, 1.807) is 0 Å². The van der Waals surface area contributed by atoms with E-state index < -0.39 is 0 Å². The molecule has 0 saturated heterocycles. The molecule has 0 bridgehead atoms. The third-order valence-electron chi connectivity index (χ3n) is 7.75. The topological polar surface area (TPSA) is 29.5 Å². The first-order chi connectivity index (χ1) is 18.0. The van der Waals surface area contributed by atoms with Crippen molar-refractivity contribution in [1.82, 2.24) is 0 Å². The van der Waals surface area contributed by atoms with Gasteiger partial charge < -0.3 is 13.7 Å². The Hall–Kier alpha value is -4.50. The van der Waals surface area contributed by atoms with E-state index in [1.807, 2.05) is 24.3 Å². The molecule has 3 heteroatoms. The summed E-state index contributed by atoms with van der Waals surface area (Å²) >= 11 is 0. The van der Waals surface area contributed by atoms with Gasteiger partial charge in [-0.05, 0) is 60.5 Å². The number of hydrogen-bond donors (Lipinski definition) is 0. The van der Waals surface area contributed by atoms with Gasteiger partial charge in [0.2, 0.25) is 0 Å². The Balaban J connectivity index is 1.51. The minimum atomic E-state index is -0.163. The number of fused-ring (bicyclic) bond motifs is 7. The van der Waals surface area contributed by atoms with Crippen LogP contribution in [0.5, 0.6) is 0 Å². The van der Waals surface area contributed by atoms with Gasteiger partial charge in [0.1, 0.15) is 22.3 Å². The number of rotatable bonds is 3. The molecule has 0 atom stereocenters. The summed E-state index contributed by atoms with van der Waals surface area (Å²) in [5, 5.41) is 4.39. The molecule has 1 aliphatic heterocycles. The van der Waals surface area contributed by atoms with Crippen LogP contribution in [0.3, 0.4) is 0 Å². The quantitative estimate of drug-likeness (QED) is 0.252. The van der Waals surface area contributed by atoms with Crippen molar-refractivity contribution in [3.05, 3.63) is 121 Å². The van der Waals surface area contributed by atoms with Gasteiger partial charge >= 0.3 is 0 Å². The zero-order valence-electron chi connectivity index (χ0n) is 21.2. The lowest BCUT2D eigenvalue weighted by Gasteiger charge is -2.42. The maximum Gasteiger partial charge on any atom is 0.139 e. The smallest absolute Gasteiger partial charge is 0.139 e. The van der Waals surface area contributed by atoms with Crippen molar-refractivity contribution < 1.29 is 8.83 Å². The lowest BCUT2D eigenvalue weighted by atomic mass is 9.73. The van der Waals surface area contributed by atoms with Gasteiger partial charge in [0.05, 0.1) is 5.69 Å². The average Bonchev–Trinajstić information content (AvgIpc) is 3.44. The predicted octanol–water partition coefficient (Wildman–Crippen LogP) is 9.93. The Morgan fingerprint density at radius 3 is 2.19 bits per heavy atom. The Labute approximate surface area is 215 Å². The Kier molecular flexibility index (Phi) is 4.56. The molecular weight excluding hydrogens is 454 g/mol. The van der Waals surface area contributed by atoms with Crippen LogP contribution in [-0.2, 0) is 5.41 Å². The Bertz CT molecular complexity index is 1940. The van der Waals surface area contributed by atoms with Crippen molar-refractivity contribution in [3.8, 4) is 0 Å². The molecule has 0 N–H and O–H groups in total. The van der Waals surface area contributed by atoms with Crippen molar-refractivity contribution in [2.45, 2.75) is 26.2 Å². The highest BCUT2D eigenvalue weighted by molar-refractivity contribution is 6.15. The summed E-state index contributed by atoms with van der Waals surface area (Å²) in [5.74, 6) is 0. The normalized spacial score (nSPS) is 15.5. The van der Waals surface area contributed by atoms with Crippen molar-refractivity contribution >= 4 is 55.3 Å². The minimum absolute atomic E-state index is 0.163. The molecule has 0 spiro atoms. The van der Waals surface area contributed by atoms with Gasteiger partial charge in [-0.1, -0.05) is 69.0 Å². The number of allylic oxidation sites excluding steroid dienone is 4. The highest BCUT2D eigenvalue weighted by Gasteiger charge is 2.36. The van der Waals surface area contributed by atoms with Gasteiger partial charge in [0, 0.05) is 44.4 Å². The second-order valence-electron chi connectivity index (χ2n) is 10.2. The first-order valence-electron chi connectivity index (χ1n) is 12.7. The molecule has 0 amide bonds. The molecule has 3 nitrogen and oxygen atoms in total. The van der Waals surface area contributed by atoms with Crippen molar-refractivity contribution in [2.24, 2.45) is 0 Å². The van der Waals surface area contributed by atoms with E-state index in [0.29, 0.717) is 0 Å². The van der Waals surface area contributed by atoms with E-state index in [2.05, 4.69) is 105 Å². The van der Waals surface area contributed by atoms with E-state index in [4.69, 9.17) is 8.83 Å². The van der Waals surface area contributed by atoms with Crippen LogP contribution >= 0.6 is 0 Å². The van der Waals surface area contributed by atoms with Gasteiger partial charge in [-0.25, -0.2) is 0 Å². The monoisotopic (exact) mass is 481 g/mol. The number of benzene rings is 4. The van der Waals surface area contributed by atoms with Gasteiger partial charge in [0.15, 0.2) is 0 Å². The number of anilines is 2. The van der Waals surface area contributed by atoms with E-state index in [0.717, 1.165) is 55.3 Å². The summed E-state index contributed by atoms with van der Waals surface area (Å²) in [4.78, 5) is 2.35. The predicted molar refractivity (Wildman–Crippen MR) is 155 cm³/mol. The van der Waals surface area contributed by atoms with Gasteiger partial charge in [-0.3, -0.25) is 0 Å². The standard InChI is InChI=1S/C34H27NO2/c1-5-11-28-26(6-2)34(3,4)27-13-8-9-14-29(27)35(28)21-16-17-31-23(18-21)25-19-24-22-12-7-10-15-30(22)36-32(24)20-33(25)37-31/h5-20H,2H2,1,3-4H3/b11-5-. The molecule has 7 rings (SSSR count). The van der Waals surface area contributed by atoms with Crippen LogP contribution in [0.15, 0.2) is 124 Å². The highest BCUT2D eigenvalue weighted by Crippen LogP contribution is 2.49. The maximum atomic E-state index is 6.30. The van der Waals surface area contributed by atoms with E-state index in [9.17, 15) is 0 Å². The van der Waals surface area contributed by atoms with Crippen molar-refractivity contribution in [2.75, 3.05) is 4.90 Å². The van der Waals surface area contributed by atoms with E-state index >= 15 is 0 Å². The van der Waals surface area contributed by atoms with Crippen LogP contribution in [0, 0.1) is 0 Å². The van der Waals surface area contributed by atoms with Crippen molar-refractivity contribution in [1.29, 1.82) is 0 Å². The van der Waals surface area contributed by atoms with Crippen LogP contribution in [0.4, 0.5) is 11.4 Å². The van der Waals surface area contributed by atoms with E-state index in [-0.39, 0.29) is 5.41 Å². The molecule has 1 aliphatic rings. The molecule has 6 aromatic rings. The van der Waals surface area contributed by atoms with Crippen LogP contribution < -0.4 is 4.90 Å². The summed E-state index contributed by atoms with van der Waals surface area (Å²) in [6.45, 7) is 10.8. The van der Waals surface area contributed by atoms with Crippen LogP contribution in [0.2, 0.25) is 0 Å². The first-order valence-corrected chi connectivity index (χ1v) is 12.7. The fraction of sp³-hybridized carbons (Fsp3) is 0.118. The average molecular weight is 482 g/mol. The maximum absolute atomic E-state index is 6.30. The van der Waals surface area contributed by atoms with E-state index in [1.165, 1.54) is 16.8 Å². The number of furan rings is 2. The molecule has 3 heterocycles. The fourth-order valence-corrected chi connectivity index (χ4v) is 6.00. The molecule has 0 radical (unpaired) electrons.